The van der Waals surface area contributed by atoms with Crippen molar-refractivity contribution < 1.29 is 32.7 Å². The number of furan rings is 1. The molecule has 0 aliphatic carbocycles. The Labute approximate surface area is 291 Å². The second kappa shape index (κ2) is 13.5. The Kier molecular flexibility index (Phi) is 7.09. The van der Waals surface area contributed by atoms with Crippen molar-refractivity contribution in [3.8, 4) is 39.5 Å². The van der Waals surface area contributed by atoms with Gasteiger partial charge in [-0.15, -0.1) is 35.4 Å². The zero-order valence-electron chi connectivity index (χ0n) is 30.8. The van der Waals surface area contributed by atoms with Crippen LogP contribution in [0.5, 0.6) is 0 Å². The molecule has 0 fully saturated rings. The first kappa shape index (κ1) is 24.2. The first-order chi connectivity index (χ1) is 24.5. The molecule has 0 unspecified atom stereocenters. The number of hydrogen-bond donors (Lipinski definition) is 0. The first-order valence-corrected chi connectivity index (χ1v) is 14.5. The molecule has 4 nitrogen and oxygen atoms in total. The van der Waals surface area contributed by atoms with E-state index in [9.17, 15) is 0 Å². The van der Waals surface area contributed by atoms with Gasteiger partial charge in [0.15, 0.2) is 0 Å². The number of pyridine rings is 1. The van der Waals surface area contributed by atoms with Crippen molar-refractivity contribution in [2.45, 2.75) is 20.6 Å². The maximum absolute atomic E-state index is 7.28. The van der Waals surface area contributed by atoms with Crippen molar-refractivity contribution in [1.82, 2.24) is 14.5 Å². The van der Waals surface area contributed by atoms with Crippen LogP contribution in [0.3, 0.4) is 0 Å². The number of imidazole rings is 1. The van der Waals surface area contributed by atoms with E-state index in [1.807, 2.05) is 30.3 Å². The first-order valence-electron chi connectivity index (χ1n) is 17.5. The van der Waals surface area contributed by atoms with Crippen molar-refractivity contribution >= 4 is 22.0 Å². The molecule has 227 valence electrons. The molecule has 0 saturated carbocycles. The molecule has 46 heavy (non-hydrogen) atoms. The van der Waals surface area contributed by atoms with Gasteiger partial charge >= 0.3 is 0 Å². The Balaban J connectivity index is 0.000000193. The van der Waals surface area contributed by atoms with Crippen LogP contribution in [0.2, 0.25) is 0 Å². The summed E-state index contributed by atoms with van der Waals surface area (Å²) in [6.45, 7) is -2.25. The summed E-state index contributed by atoms with van der Waals surface area (Å²) in [6, 6.07) is 43.8. The van der Waals surface area contributed by atoms with Crippen molar-refractivity contribution in [2.24, 2.45) is 0 Å². The Morgan fingerprint density at radius 1 is 0.739 bits per heavy atom. The fourth-order valence-electron chi connectivity index (χ4n) is 5.28. The molecule has 0 aliphatic rings. The Morgan fingerprint density at radius 3 is 2.22 bits per heavy atom. The molecule has 0 saturated heterocycles. The summed E-state index contributed by atoms with van der Waals surface area (Å²) < 4.78 is 51.6. The topological polar surface area (TPSA) is 43.9 Å². The van der Waals surface area contributed by atoms with Crippen molar-refractivity contribution in [3.05, 3.63) is 163 Å². The molecule has 3 heterocycles. The van der Waals surface area contributed by atoms with Crippen molar-refractivity contribution in [3.63, 3.8) is 0 Å². The number of aryl methyl sites for hydroxylation is 3. The number of benzene rings is 5. The van der Waals surface area contributed by atoms with Crippen LogP contribution >= 0.6 is 0 Å². The van der Waals surface area contributed by atoms with Crippen LogP contribution in [-0.4, -0.2) is 14.5 Å². The van der Waals surface area contributed by atoms with Crippen LogP contribution in [0.4, 0.5) is 0 Å². The van der Waals surface area contributed by atoms with Gasteiger partial charge < -0.3 is 14.0 Å². The molecule has 8 aromatic rings. The zero-order chi connectivity index (χ0) is 35.8. The minimum absolute atomic E-state index is 0. The van der Waals surface area contributed by atoms with E-state index in [0.717, 1.165) is 39.1 Å². The molecular weight excluding hydrogens is 743 g/mol. The van der Waals surface area contributed by atoms with Gasteiger partial charge in [-0.3, -0.25) is 4.98 Å². The molecule has 0 N–H and O–H groups in total. The maximum atomic E-state index is 7.28. The van der Waals surface area contributed by atoms with E-state index in [1.165, 1.54) is 41.1 Å². The Bertz CT molecular complexity index is 2380. The molecule has 1 radical (unpaired) electrons. The fourth-order valence-corrected chi connectivity index (χ4v) is 5.28. The van der Waals surface area contributed by atoms with Gasteiger partial charge in [-0.05, 0) is 60.4 Å². The molecule has 5 aromatic carbocycles. The summed E-state index contributed by atoms with van der Waals surface area (Å²) in [5.74, 6) is 0.831. The predicted molar refractivity (Wildman–Crippen MR) is 183 cm³/mol. The number of aromatic nitrogens is 3. The third-order valence-corrected chi connectivity index (χ3v) is 7.54. The number of para-hydroxylation sites is 2. The summed E-state index contributed by atoms with van der Waals surface area (Å²) in [6.07, 6.45) is 4.41. The smallest absolute Gasteiger partial charge is 0.0774 e. The molecule has 3 aromatic heterocycles. The van der Waals surface area contributed by atoms with E-state index in [-0.39, 0.29) is 31.2 Å². The van der Waals surface area contributed by atoms with Gasteiger partial charge in [0, 0.05) is 52.1 Å². The Hall–Kier alpha value is -5.09. The number of nitrogens with zero attached hydrogens (tertiary/aromatic N) is 3. The molecule has 0 aliphatic heterocycles. The van der Waals surface area contributed by atoms with Gasteiger partial charge in [0.25, 0.3) is 0 Å². The molecule has 5 heteroatoms. The minimum atomic E-state index is -2.18. The van der Waals surface area contributed by atoms with E-state index in [4.69, 9.17) is 17.6 Å². The Morgan fingerprint density at radius 2 is 1.48 bits per heavy atom. The van der Waals surface area contributed by atoms with Crippen LogP contribution < -0.4 is 0 Å². The average molecular weight is 780 g/mol. The van der Waals surface area contributed by atoms with Crippen molar-refractivity contribution in [1.29, 1.82) is 0 Å². The predicted octanol–water partition coefficient (Wildman–Crippen LogP) is 10.4. The SMILES string of the molecule is Cc1ccc2o[c-]c(-c3nc4ccccc4n3-c3ccc(-c4ccccc4)cc3)c2c1.[2H]C([2H])([2H])c1c[c-]c(-c2ccc(C([2H])([2H])[2H])cn2)cc1.[Ir]. The summed E-state index contributed by atoms with van der Waals surface area (Å²) in [7, 11) is 0. The van der Waals surface area contributed by atoms with Crippen LogP contribution in [0.15, 0.2) is 138 Å². The van der Waals surface area contributed by atoms with Gasteiger partial charge in [-0.2, -0.15) is 0 Å². The molecule has 0 spiro atoms. The van der Waals surface area contributed by atoms with Gasteiger partial charge in [0.05, 0.1) is 16.9 Å². The van der Waals surface area contributed by atoms with Crippen LogP contribution in [0, 0.1) is 33.0 Å². The molecule has 0 atom stereocenters. The van der Waals surface area contributed by atoms with Gasteiger partial charge in [0.1, 0.15) is 0 Å². The van der Waals surface area contributed by atoms with Gasteiger partial charge in [-0.1, -0.05) is 108 Å². The summed E-state index contributed by atoms with van der Waals surface area (Å²) in [5, 5.41) is 1.03. The summed E-state index contributed by atoms with van der Waals surface area (Å²) in [5.41, 5.74) is 9.87. The molecular formula is C41H31IrN3O-2. The van der Waals surface area contributed by atoms with Gasteiger partial charge in [-0.25, -0.2) is 0 Å². The average Bonchev–Trinajstić information content (AvgIpc) is 3.73. The third-order valence-electron chi connectivity index (χ3n) is 7.54. The quantitative estimate of drug-likeness (QED) is 0.167. The monoisotopic (exact) mass is 780 g/mol. The standard InChI is InChI=1S/C28H19N2O.C13H12N.Ir/c1-19-11-16-27-23(17-19)24(18-31-27)28-29-25-9-5-6-10-26(25)30(28)22-14-12-21(13-15-22)20-7-3-2-4-8-20;1-10-3-6-12(7-4-10)13-8-5-11(2)9-14-13;/h2-17H,1H3;3-6,8-9H,1-2H3;/q2*-1;/i;1D3,2D3;. The van der Waals surface area contributed by atoms with E-state index < -0.39 is 13.7 Å². The van der Waals surface area contributed by atoms with E-state index >= 15 is 0 Å². The van der Waals surface area contributed by atoms with Crippen LogP contribution in [-0.2, 0) is 20.1 Å². The molecule has 8 rings (SSSR count). The summed E-state index contributed by atoms with van der Waals surface area (Å²) >= 11 is 0. The minimum Gasteiger partial charge on any atom is -0.557 e. The molecule has 0 bridgehead atoms. The van der Waals surface area contributed by atoms with Gasteiger partial charge in [0.2, 0.25) is 0 Å². The van der Waals surface area contributed by atoms with E-state index in [1.54, 1.807) is 12.1 Å². The number of fused-ring (bicyclic) bond motifs is 2. The second-order valence-electron chi connectivity index (χ2n) is 10.7. The normalized spacial score (nSPS) is 13.2. The fraction of sp³-hybridized carbons (Fsp3) is 0.0732. The zero-order valence-corrected chi connectivity index (χ0v) is 27.2. The van der Waals surface area contributed by atoms with E-state index in [0.29, 0.717) is 11.3 Å². The van der Waals surface area contributed by atoms with Crippen LogP contribution in [0.25, 0.3) is 61.5 Å². The number of hydrogen-bond acceptors (Lipinski definition) is 3. The number of rotatable bonds is 4. The van der Waals surface area contributed by atoms with Crippen molar-refractivity contribution in [2.75, 3.05) is 0 Å². The van der Waals surface area contributed by atoms with E-state index in [2.05, 4.69) is 95.5 Å². The van der Waals surface area contributed by atoms with Crippen LogP contribution in [0.1, 0.15) is 24.9 Å². The second-order valence-corrected chi connectivity index (χ2v) is 10.7. The summed E-state index contributed by atoms with van der Waals surface area (Å²) in [4.78, 5) is 9.04. The third kappa shape index (κ3) is 6.34. The maximum Gasteiger partial charge on any atom is 0.0774 e. The largest absolute Gasteiger partial charge is 0.557 e. The molecule has 0 amide bonds.